The van der Waals surface area contributed by atoms with Crippen molar-refractivity contribution in [2.75, 3.05) is 19.6 Å². The van der Waals surface area contributed by atoms with E-state index in [2.05, 4.69) is 10.6 Å². The Balaban J connectivity index is 1.51. The maximum atomic E-state index is 13.0. The van der Waals surface area contributed by atoms with Crippen molar-refractivity contribution in [3.8, 4) is 0 Å². The van der Waals surface area contributed by atoms with Crippen LogP contribution >= 0.6 is 0 Å². The molecule has 4 rings (SSSR count). The van der Waals surface area contributed by atoms with Crippen molar-refractivity contribution < 1.29 is 14.0 Å². The van der Waals surface area contributed by atoms with Crippen LogP contribution in [0.3, 0.4) is 0 Å². The predicted molar refractivity (Wildman–Crippen MR) is 101 cm³/mol. The monoisotopic (exact) mass is 367 g/mol. The molecule has 2 unspecified atom stereocenters. The molecule has 3 heterocycles. The molecule has 2 aliphatic heterocycles. The zero-order valence-electron chi connectivity index (χ0n) is 15.3. The summed E-state index contributed by atoms with van der Waals surface area (Å²) in [5.74, 6) is 0.389. The molecule has 6 heteroatoms. The third kappa shape index (κ3) is 3.90. The molecule has 2 N–H and O–H groups in total. The summed E-state index contributed by atoms with van der Waals surface area (Å²) in [7, 11) is 0. The molecular weight excluding hydrogens is 342 g/mol. The quantitative estimate of drug-likeness (QED) is 0.866. The lowest BCUT2D eigenvalue weighted by atomic mass is 9.93. The number of rotatable bonds is 4. The minimum Gasteiger partial charge on any atom is -0.459 e. The Labute approximate surface area is 158 Å². The number of furan rings is 1. The lowest BCUT2D eigenvalue weighted by Crippen LogP contribution is -2.53. The third-order valence-electron chi connectivity index (χ3n) is 5.51. The van der Waals surface area contributed by atoms with Gasteiger partial charge in [-0.2, -0.15) is 0 Å². The van der Waals surface area contributed by atoms with Gasteiger partial charge in [0.05, 0.1) is 6.26 Å². The second kappa shape index (κ2) is 7.96. The van der Waals surface area contributed by atoms with Gasteiger partial charge in [-0.15, -0.1) is 0 Å². The van der Waals surface area contributed by atoms with Crippen molar-refractivity contribution in [1.82, 2.24) is 15.5 Å². The normalized spacial score (nSPS) is 22.1. The molecule has 2 aliphatic rings. The number of hydrogen-bond acceptors (Lipinski definition) is 4. The first-order valence-corrected chi connectivity index (χ1v) is 9.62. The first kappa shape index (κ1) is 17.8. The number of hydrogen-bond donors (Lipinski definition) is 2. The van der Waals surface area contributed by atoms with E-state index < -0.39 is 6.04 Å². The third-order valence-corrected chi connectivity index (χ3v) is 5.51. The molecule has 0 saturated carbocycles. The Bertz CT molecular complexity index is 797. The van der Waals surface area contributed by atoms with Gasteiger partial charge in [0, 0.05) is 19.5 Å². The van der Waals surface area contributed by atoms with Crippen LogP contribution in [-0.2, 0) is 17.8 Å². The summed E-state index contributed by atoms with van der Waals surface area (Å²) in [5, 5.41) is 6.45. The maximum absolute atomic E-state index is 13.0. The average molecular weight is 367 g/mol. The van der Waals surface area contributed by atoms with E-state index in [4.69, 9.17) is 4.42 Å². The molecule has 6 nitrogen and oxygen atoms in total. The standard InChI is InChI=1S/C21H25N3O3/c25-20(23-13-15-5-3-9-22-12-15)18-11-16-6-1-2-7-17(16)14-24(18)21(26)19-8-4-10-27-19/h1-2,4,6-8,10,15,18,22H,3,5,9,11-14H2,(H,23,25). The van der Waals surface area contributed by atoms with Crippen LogP contribution in [0.15, 0.2) is 47.1 Å². The molecule has 2 amide bonds. The molecule has 2 aromatic rings. The van der Waals surface area contributed by atoms with Gasteiger partial charge in [0.15, 0.2) is 5.76 Å². The van der Waals surface area contributed by atoms with Crippen LogP contribution in [0.1, 0.15) is 34.5 Å². The van der Waals surface area contributed by atoms with E-state index in [1.807, 2.05) is 24.3 Å². The molecule has 142 valence electrons. The molecule has 27 heavy (non-hydrogen) atoms. The predicted octanol–water partition coefficient (Wildman–Crippen LogP) is 1.96. The van der Waals surface area contributed by atoms with E-state index in [1.54, 1.807) is 17.0 Å². The van der Waals surface area contributed by atoms with Crippen molar-refractivity contribution in [3.05, 3.63) is 59.5 Å². The van der Waals surface area contributed by atoms with Crippen molar-refractivity contribution in [2.24, 2.45) is 5.92 Å². The fourth-order valence-corrected chi connectivity index (χ4v) is 3.97. The summed E-state index contributed by atoms with van der Waals surface area (Å²) in [6.07, 6.45) is 4.27. The van der Waals surface area contributed by atoms with Gasteiger partial charge in [-0.25, -0.2) is 0 Å². The van der Waals surface area contributed by atoms with Gasteiger partial charge in [0.1, 0.15) is 6.04 Å². The van der Waals surface area contributed by atoms with E-state index in [0.717, 1.165) is 37.1 Å². The molecule has 1 aromatic carbocycles. The fourth-order valence-electron chi connectivity index (χ4n) is 3.97. The molecule has 0 aliphatic carbocycles. The average Bonchev–Trinajstić information content (AvgIpc) is 3.26. The number of amides is 2. The molecule has 1 aromatic heterocycles. The van der Waals surface area contributed by atoms with Crippen molar-refractivity contribution in [2.45, 2.75) is 31.8 Å². The Hall–Kier alpha value is -2.60. The zero-order chi connectivity index (χ0) is 18.6. The molecule has 0 spiro atoms. The Kier molecular flexibility index (Phi) is 5.25. The van der Waals surface area contributed by atoms with E-state index in [9.17, 15) is 9.59 Å². The number of nitrogens with one attached hydrogen (secondary N) is 2. The lowest BCUT2D eigenvalue weighted by Gasteiger charge is -2.36. The zero-order valence-corrected chi connectivity index (χ0v) is 15.3. The Morgan fingerprint density at radius 2 is 2.04 bits per heavy atom. The minimum absolute atomic E-state index is 0.0880. The van der Waals surface area contributed by atoms with Crippen molar-refractivity contribution >= 4 is 11.8 Å². The van der Waals surface area contributed by atoms with E-state index >= 15 is 0 Å². The van der Waals surface area contributed by atoms with Crippen LogP contribution < -0.4 is 10.6 Å². The Morgan fingerprint density at radius 3 is 2.78 bits per heavy atom. The summed E-state index contributed by atoms with van der Waals surface area (Å²) in [6.45, 7) is 3.05. The van der Waals surface area contributed by atoms with Gasteiger partial charge >= 0.3 is 0 Å². The van der Waals surface area contributed by atoms with Crippen LogP contribution in [-0.4, -0.2) is 42.4 Å². The summed E-state index contributed by atoms with van der Waals surface area (Å²) < 4.78 is 5.29. The lowest BCUT2D eigenvalue weighted by molar-refractivity contribution is -0.126. The summed E-state index contributed by atoms with van der Waals surface area (Å²) in [6, 6.07) is 10.8. The highest BCUT2D eigenvalue weighted by molar-refractivity contribution is 5.96. The van der Waals surface area contributed by atoms with Gasteiger partial charge in [-0.1, -0.05) is 24.3 Å². The van der Waals surface area contributed by atoms with Gasteiger partial charge in [0.2, 0.25) is 5.91 Å². The van der Waals surface area contributed by atoms with E-state index in [1.165, 1.54) is 6.26 Å². The van der Waals surface area contributed by atoms with Gasteiger partial charge in [-0.3, -0.25) is 9.59 Å². The molecule has 1 saturated heterocycles. The minimum atomic E-state index is -0.519. The molecule has 0 bridgehead atoms. The first-order valence-electron chi connectivity index (χ1n) is 9.62. The first-order chi connectivity index (χ1) is 13.2. The second-order valence-electron chi connectivity index (χ2n) is 7.36. The number of nitrogens with zero attached hydrogens (tertiary/aromatic N) is 1. The van der Waals surface area contributed by atoms with Crippen molar-refractivity contribution in [3.63, 3.8) is 0 Å². The highest BCUT2D eigenvalue weighted by atomic mass is 16.3. The van der Waals surface area contributed by atoms with Crippen LogP contribution in [0, 0.1) is 5.92 Å². The molecule has 1 fully saturated rings. The summed E-state index contributed by atoms with van der Waals surface area (Å²) in [4.78, 5) is 27.5. The topological polar surface area (TPSA) is 74.6 Å². The van der Waals surface area contributed by atoms with E-state index in [0.29, 0.717) is 25.4 Å². The maximum Gasteiger partial charge on any atom is 0.290 e. The highest BCUT2D eigenvalue weighted by Gasteiger charge is 2.36. The van der Waals surface area contributed by atoms with Gasteiger partial charge < -0.3 is 20.0 Å². The van der Waals surface area contributed by atoms with Crippen LogP contribution in [0.25, 0.3) is 0 Å². The number of carbonyl (C=O) groups excluding carboxylic acids is 2. The van der Waals surface area contributed by atoms with Crippen LogP contribution in [0.5, 0.6) is 0 Å². The number of benzene rings is 1. The number of piperidine rings is 1. The summed E-state index contributed by atoms with van der Waals surface area (Å²) >= 11 is 0. The van der Waals surface area contributed by atoms with Crippen molar-refractivity contribution in [1.29, 1.82) is 0 Å². The van der Waals surface area contributed by atoms with Crippen LogP contribution in [0.2, 0.25) is 0 Å². The fraction of sp³-hybridized carbons (Fsp3) is 0.429. The largest absolute Gasteiger partial charge is 0.459 e. The second-order valence-corrected chi connectivity index (χ2v) is 7.36. The molecular formula is C21H25N3O3. The van der Waals surface area contributed by atoms with Gasteiger partial charge in [0.25, 0.3) is 5.91 Å². The van der Waals surface area contributed by atoms with E-state index in [-0.39, 0.29) is 17.6 Å². The smallest absolute Gasteiger partial charge is 0.290 e. The van der Waals surface area contributed by atoms with Crippen LogP contribution in [0.4, 0.5) is 0 Å². The SMILES string of the molecule is O=C(NCC1CCCNC1)C1Cc2ccccc2CN1C(=O)c1ccco1. The summed E-state index contributed by atoms with van der Waals surface area (Å²) in [5.41, 5.74) is 2.21. The molecule has 2 atom stereocenters. The number of carbonyl (C=O) groups is 2. The van der Waals surface area contributed by atoms with Gasteiger partial charge in [-0.05, 0) is 55.1 Å². The highest BCUT2D eigenvalue weighted by Crippen LogP contribution is 2.25. The molecule has 0 radical (unpaired) electrons. The number of fused-ring (bicyclic) bond motifs is 1. The Morgan fingerprint density at radius 1 is 1.19 bits per heavy atom.